The molecule has 0 saturated carbocycles. The summed E-state index contributed by atoms with van der Waals surface area (Å²) in [5.41, 5.74) is 1.40. The predicted molar refractivity (Wildman–Crippen MR) is 124 cm³/mol. The molecule has 0 radical (unpaired) electrons. The second-order valence-electron chi connectivity index (χ2n) is 7.44. The smallest absolute Gasteiger partial charge is 0.338 e. The molecule has 8 nitrogen and oxygen atoms in total. The number of hydrogen-bond acceptors (Lipinski definition) is 6. The predicted octanol–water partition coefficient (Wildman–Crippen LogP) is 4.14. The number of esters is 1. The minimum atomic E-state index is -0.802. The highest BCUT2D eigenvalue weighted by Crippen LogP contribution is 2.30. The molecule has 0 aliphatic carbocycles. The van der Waals surface area contributed by atoms with Crippen LogP contribution in [-0.4, -0.2) is 36.1 Å². The van der Waals surface area contributed by atoms with Crippen molar-refractivity contribution in [1.29, 1.82) is 0 Å². The van der Waals surface area contributed by atoms with E-state index >= 15 is 0 Å². The fourth-order valence-electron chi connectivity index (χ4n) is 3.43. The second kappa shape index (κ2) is 9.29. The number of ketones is 1. The molecule has 1 heterocycles. The Morgan fingerprint density at radius 1 is 0.853 bits per heavy atom. The van der Waals surface area contributed by atoms with Gasteiger partial charge in [-0.1, -0.05) is 11.6 Å². The monoisotopic (exact) mass is 476 g/mol. The zero-order valence-corrected chi connectivity index (χ0v) is 18.6. The summed E-state index contributed by atoms with van der Waals surface area (Å²) in [4.78, 5) is 62.6. The van der Waals surface area contributed by atoms with Crippen molar-refractivity contribution >= 4 is 52.4 Å². The van der Waals surface area contributed by atoms with Gasteiger partial charge >= 0.3 is 5.97 Å². The summed E-state index contributed by atoms with van der Waals surface area (Å²) in [7, 11) is 0. The molecule has 3 aromatic rings. The quantitative estimate of drug-likeness (QED) is 0.325. The van der Waals surface area contributed by atoms with Gasteiger partial charge in [0.1, 0.15) is 0 Å². The average Bonchev–Trinajstić information content (AvgIpc) is 3.07. The number of hydrogen-bond donors (Lipinski definition) is 1. The molecular formula is C25H17ClN2O6. The van der Waals surface area contributed by atoms with E-state index in [9.17, 15) is 24.0 Å². The number of ether oxygens (including phenoxy) is 1. The highest BCUT2D eigenvalue weighted by molar-refractivity contribution is 6.34. The standard InChI is InChI=1S/C25H17ClN2O6/c1-14(29)27-18-7-9-19(10-8-18)28-23(31)20-11-4-16(12-21(20)24(28)32)25(33)34-13-22(30)15-2-5-17(26)6-3-15/h2-12H,13H2,1H3,(H,27,29). The first kappa shape index (κ1) is 22.9. The number of rotatable bonds is 6. The number of Topliss-reactive ketones (excluding diaryl/α,β-unsaturated/α-hetero) is 1. The van der Waals surface area contributed by atoms with Crippen molar-refractivity contribution in [3.05, 3.63) is 94.0 Å². The largest absolute Gasteiger partial charge is 0.454 e. The van der Waals surface area contributed by atoms with Crippen LogP contribution in [0.2, 0.25) is 5.02 Å². The van der Waals surface area contributed by atoms with Gasteiger partial charge in [0.2, 0.25) is 5.91 Å². The molecule has 4 rings (SSSR count). The fourth-order valence-corrected chi connectivity index (χ4v) is 3.56. The molecule has 0 unspecified atom stereocenters. The van der Waals surface area contributed by atoms with E-state index in [0.29, 0.717) is 22.0 Å². The third-order valence-corrected chi connectivity index (χ3v) is 5.32. The number of nitrogens with one attached hydrogen (secondary N) is 1. The number of imide groups is 1. The van der Waals surface area contributed by atoms with Gasteiger partial charge in [0, 0.05) is 23.2 Å². The lowest BCUT2D eigenvalue weighted by molar-refractivity contribution is -0.114. The lowest BCUT2D eigenvalue weighted by atomic mass is 10.1. The molecule has 34 heavy (non-hydrogen) atoms. The zero-order valence-electron chi connectivity index (χ0n) is 17.8. The SMILES string of the molecule is CC(=O)Nc1ccc(N2C(=O)c3ccc(C(=O)OCC(=O)c4ccc(Cl)cc4)cc3C2=O)cc1. The van der Waals surface area contributed by atoms with Crippen LogP contribution >= 0.6 is 11.6 Å². The zero-order chi connectivity index (χ0) is 24.4. The first-order chi connectivity index (χ1) is 16.2. The van der Waals surface area contributed by atoms with E-state index in [0.717, 1.165) is 4.90 Å². The van der Waals surface area contributed by atoms with Crippen molar-refractivity contribution in [1.82, 2.24) is 0 Å². The number of anilines is 2. The molecule has 0 bridgehead atoms. The third kappa shape index (κ3) is 4.57. The highest BCUT2D eigenvalue weighted by atomic mass is 35.5. The number of carbonyl (C=O) groups is 5. The average molecular weight is 477 g/mol. The molecule has 0 fully saturated rings. The number of fused-ring (bicyclic) bond motifs is 1. The number of benzene rings is 3. The first-order valence-electron chi connectivity index (χ1n) is 10.1. The van der Waals surface area contributed by atoms with Gasteiger partial charge in [-0.05, 0) is 66.7 Å². The van der Waals surface area contributed by atoms with Gasteiger partial charge in [0.25, 0.3) is 11.8 Å². The number of nitrogens with zero attached hydrogens (tertiary/aromatic N) is 1. The Morgan fingerprint density at radius 2 is 1.47 bits per heavy atom. The summed E-state index contributed by atoms with van der Waals surface area (Å²) in [5.74, 6) is -2.60. The molecule has 0 atom stereocenters. The summed E-state index contributed by atoms with van der Waals surface area (Å²) >= 11 is 5.80. The Balaban J connectivity index is 1.48. The summed E-state index contributed by atoms with van der Waals surface area (Å²) in [6.07, 6.45) is 0. The minimum absolute atomic E-state index is 0.0339. The molecule has 0 saturated heterocycles. The van der Waals surface area contributed by atoms with Gasteiger partial charge in [-0.3, -0.25) is 19.2 Å². The second-order valence-corrected chi connectivity index (χ2v) is 7.88. The van der Waals surface area contributed by atoms with Crippen LogP contribution < -0.4 is 10.2 Å². The summed E-state index contributed by atoms with van der Waals surface area (Å²) in [5, 5.41) is 3.08. The van der Waals surface area contributed by atoms with Crippen LogP contribution in [0.1, 0.15) is 48.4 Å². The van der Waals surface area contributed by atoms with Gasteiger partial charge < -0.3 is 10.1 Å². The molecule has 3 aromatic carbocycles. The van der Waals surface area contributed by atoms with Gasteiger partial charge in [-0.15, -0.1) is 0 Å². The Kier molecular flexibility index (Phi) is 6.25. The lowest BCUT2D eigenvalue weighted by Crippen LogP contribution is -2.29. The Hall–Kier alpha value is -4.30. The molecule has 0 spiro atoms. The normalized spacial score (nSPS) is 12.4. The maximum absolute atomic E-state index is 12.9. The Bertz CT molecular complexity index is 1330. The van der Waals surface area contributed by atoms with E-state index in [2.05, 4.69) is 5.32 Å². The topological polar surface area (TPSA) is 110 Å². The summed E-state index contributed by atoms with van der Waals surface area (Å²) in [6, 6.07) is 16.4. The van der Waals surface area contributed by atoms with Crippen LogP contribution in [0.4, 0.5) is 11.4 Å². The van der Waals surface area contributed by atoms with Gasteiger partial charge in [0.15, 0.2) is 12.4 Å². The first-order valence-corrected chi connectivity index (χ1v) is 10.5. The highest BCUT2D eigenvalue weighted by Gasteiger charge is 2.37. The molecule has 9 heteroatoms. The van der Waals surface area contributed by atoms with Crippen LogP contribution in [0.3, 0.4) is 0 Å². The molecular weight excluding hydrogens is 460 g/mol. The van der Waals surface area contributed by atoms with E-state index in [1.54, 1.807) is 24.3 Å². The van der Waals surface area contributed by atoms with E-state index in [1.807, 2.05) is 0 Å². The van der Waals surface area contributed by atoms with Crippen LogP contribution in [0.15, 0.2) is 66.7 Å². The van der Waals surface area contributed by atoms with Crippen LogP contribution in [0, 0.1) is 0 Å². The van der Waals surface area contributed by atoms with Crippen LogP contribution in [0.25, 0.3) is 0 Å². The molecule has 1 N–H and O–H groups in total. The van der Waals surface area contributed by atoms with Crippen molar-refractivity contribution in [2.24, 2.45) is 0 Å². The number of amides is 3. The lowest BCUT2D eigenvalue weighted by Gasteiger charge is -2.14. The van der Waals surface area contributed by atoms with Gasteiger partial charge in [0.05, 0.1) is 22.4 Å². The fraction of sp³-hybridized carbons (Fsp3) is 0.0800. The van der Waals surface area contributed by atoms with Crippen LogP contribution in [-0.2, 0) is 9.53 Å². The maximum Gasteiger partial charge on any atom is 0.338 e. The van der Waals surface area contributed by atoms with Crippen molar-refractivity contribution in [3.8, 4) is 0 Å². The van der Waals surface area contributed by atoms with Crippen molar-refractivity contribution in [3.63, 3.8) is 0 Å². The summed E-state index contributed by atoms with van der Waals surface area (Å²) < 4.78 is 5.09. The van der Waals surface area contributed by atoms with Crippen molar-refractivity contribution in [2.75, 3.05) is 16.8 Å². The minimum Gasteiger partial charge on any atom is -0.454 e. The van der Waals surface area contributed by atoms with E-state index in [1.165, 1.54) is 49.4 Å². The molecule has 1 aliphatic heterocycles. The molecule has 1 aliphatic rings. The van der Waals surface area contributed by atoms with Crippen molar-refractivity contribution in [2.45, 2.75) is 6.92 Å². The molecule has 3 amide bonds. The molecule has 170 valence electrons. The van der Waals surface area contributed by atoms with Gasteiger partial charge in [-0.2, -0.15) is 0 Å². The van der Waals surface area contributed by atoms with Gasteiger partial charge in [-0.25, -0.2) is 9.69 Å². The molecule has 0 aromatic heterocycles. The summed E-state index contributed by atoms with van der Waals surface area (Å²) in [6.45, 7) is 0.880. The van der Waals surface area contributed by atoms with E-state index < -0.39 is 30.2 Å². The maximum atomic E-state index is 12.9. The third-order valence-electron chi connectivity index (χ3n) is 5.07. The van der Waals surface area contributed by atoms with E-state index in [4.69, 9.17) is 16.3 Å². The number of carbonyl (C=O) groups excluding carboxylic acids is 5. The van der Waals surface area contributed by atoms with E-state index in [-0.39, 0.29) is 22.6 Å². The number of halogens is 1. The van der Waals surface area contributed by atoms with Crippen molar-refractivity contribution < 1.29 is 28.7 Å². The Morgan fingerprint density at radius 3 is 2.12 bits per heavy atom. The Labute approximate surface area is 199 Å². The van der Waals surface area contributed by atoms with Crippen LogP contribution in [0.5, 0.6) is 0 Å².